The van der Waals surface area contributed by atoms with Gasteiger partial charge in [0.2, 0.25) is 0 Å². The molecule has 0 unspecified atom stereocenters. The Morgan fingerprint density at radius 1 is 1.19 bits per heavy atom. The predicted molar refractivity (Wildman–Crippen MR) is 64.9 cm³/mol. The second kappa shape index (κ2) is 6.01. The van der Waals surface area contributed by atoms with Crippen LogP contribution in [0, 0.1) is 0 Å². The minimum absolute atomic E-state index is 0.217. The maximum atomic E-state index is 10.8. The van der Waals surface area contributed by atoms with E-state index in [2.05, 4.69) is 19.1 Å². The standard InChI is InChI=1S/C12H18O3S/c1-3-5-11-6-4-7-12(10-11)8-9-15-16(2,13)14/h4,6-7,10H,3,5,8-9H2,1-2H3. The lowest BCUT2D eigenvalue weighted by Gasteiger charge is -2.04. The summed E-state index contributed by atoms with van der Waals surface area (Å²) in [6.07, 6.45) is 3.87. The summed E-state index contributed by atoms with van der Waals surface area (Å²) in [6.45, 7) is 2.36. The van der Waals surface area contributed by atoms with Crippen LogP contribution in [0.4, 0.5) is 0 Å². The van der Waals surface area contributed by atoms with E-state index in [9.17, 15) is 8.42 Å². The number of benzene rings is 1. The fourth-order valence-corrected chi connectivity index (χ4v) is 1.93. The highest BCUT2D eigenvalue weighted by molar-refractivity contribution is 7.85. The maximum absolute atomic E-state index is 10.8. The van der Waals surface area contributed by atoms with Crippen molar-refractivity contribution < 1.29 is 12.6 Å². The van der Waals surface area contributed by atoms with Gasteiger partial charge in [-0.15, -0.1) is 0 Å². The van der Waals surface area contributed by atoms with Crippen molar-refractivity contribution in [2.75, 3.05) is 12.9 Å². The van der Waals surface area contributed by atoms with Crippen molar-refractivity contribution in [1.82, 2.24) is 0 Å². The second-order valence-electron chi connectivity index (χ2n) is 3.85. The van der Waals surface area contributed by atoms with Gasteiger partial charge < -0.3 is 0 Å². The lowest BCUT2D eigenvalue weighted by atomic mass is 10.1. The highest BCUT2D eigenvalue weighted by Gasteiger charge is 2.02. The van der Waals surface area contributed by atoms with E-state index in [1.165, 1.54) is 5.56 Å². The molecular weight excluding hydrogens is 224 g/mol. The zero-order valence-electron chi connectivity index (χ0n) is 9.77. The Kier molecular flexibility index (Phi) is 4.96. The lowest BCUT2D eigenvalue weighted by molar-refractivity contribution is 0.326. The number of hydrogen-bond donors (Lipinski definition) is 0. The Morgan fingerprint density at radius 3 is 2.38 bits per heavy atom. The summed E-state index contributed by atoms with van der Waals surface area (Å²) in [5, 5.41) is 0. The van der Waals surface area contributed by atoms with Crippen molar-refractivity contribution >= 4 is 10.1 Å². The smallest absolute Gasteiger partial charge is 0.264 e. The maximum Gasteiger partial charge on any atom is 0.264 e. The molecule has 16 heavy (non-hydrogen) atoms. The van der Waals surface area contributed by atoms with Crippen LogP contribution in [0.5, 0.6) is 0 Å². The van der Waals surface area contributed by atoms with Crippen LogP contribution in [0.15, 0.2) is 24.3 Å². The van der Waals surface area contributed by atoms with Gasteiger partial charge in [0.15, 0.2) is 0 Å². The molecular formula is C12H18O3S. The minimum Gasteiger partial charge on any atom is -0.270 e. The molecule has 0 aromatic heterocycles. The third-order valence-electron chi connectivity index (χ3n) is 2.22. The van der Waals surface area contributed by atoms with Crippen LogP contribution in [0.2, 0.25) is 0 Å². The zero-order chi connectivity index (χ0) is 12.0. The Bertz CT molecular complexity index is 424. The molecule has 0 fully saturated rings. The monoisotopic (exact) mass is 242 g/mol. The van der Waals surface area contributed by atoms with E-state index in [0.717, 1.165) is 24.7 Å². The topological polar surface area (TPSA) is 43.4 Å². The fourth-order valence-electron chi connectivity index (χ4n) is 1.54. The Morgan fingerprint density at radius 2 is 1.81 bits per heavy atom. The molecule has 0 aliphatic heterocycles. The van der Waals surface area contributed by atoms with E-state index in [1.54, 1.807) is 0 Å². The van der Waals surface area contributed by atoms with Gasteiger partial charge in [-0.1, -0.05) is 37.6 Å². The number of aryl methyl sites for hydroxylation is 1. The molecule has 0 heterocycles. The van der Waals surface area contributed by atoms with Gasteiger partial charge in [-0.2, -0.15) is 8.42 Å². The minimum atomic E-state index is -3.31. The van der Waals surface area contributed by atoms with Crippen molar-refractivity contribution in [3.05, 3.63) is 35.4 Å². The van der Waals surface area contributed by atoms with Gasteiger partial charge >= 0.3 is 0 Å². The molecule has 0 bridgehead atoms. The second-order valence-corrected chi connectivity index (χ2v) is 5.49. The molecule has 0 saturated carbocycles. The average Bonchev–Trinajstić information content (AvgIpc) is 2.17. The van der Waals surface area contributed by atoms with Gasteiger partial charge in [0.1, 0.15) is 0 Å². The van der Waals surface area contributed by atoms with E-state index < -0.39 is 10.1 Å². The largest absolute Gasteiger partial charge is 0.270 e. The molecule has 0 saturated heterocycles. The molecule has 0 atom stereocenters. The first-order valence-corrected chi connectivity index (χ1v) is 7.25. The van der Waals surface area contributed by atoms with E-state index in [0.29, 0.717) is 6.42 Å². The molecule has 0 aliphatic carbocycles. The van der Waals surface area contributed by atoms with Crippen molar-refractivity contribution in [2.45, 2.75) is 26.2 Å². The third kappa shape index (κ3) is 5.28. The van der Waals surface area contributed by atoms with Crippen molar-refractivity contribution in [2.24, 2.45) is 0 Å². The summed E-state index contributed by atoms with van der Waals surface area (Å²) in [5.74, 6) is 0. The van der Waals surface area contributed by atoms with Gasteiger partial charge in [0.25, 0.3) is 10.1 Å². The van der Waals surface area contributed by atoms with Crippen LogP contribution in [-0.4, -0.2) is 21.3 Å². The molecule has 0 spiro atoms. The van der Waals surface area contributed by atoms with E-state index in [-0.39, 0.29) is 6.61 Å². The Balaban J connectivity index is 2.51. The van der Waals surface area contributed by atoms with E-state index >= 15 is 0 Å². The normalized spacial score (nSPS) is 11.6. The van der Waals surface area contributed by atoms with E-state index in [1.807, 2.05) is 12.1 Å². The van der Waals surface area contributed by atoms with Gasteiger partial charge in [-0.25, -0.2) is 0 Å². The van der Waals surface area contributed by atoms with Gasteiger partial charge in [0, 0.05) is 0 Å². The number of rotatable bonds is 6. The molecule has 1 aromatic carbocycles. The average molecular weight is 242 g/mol. The molecule has 3 nitrogen and oxygen atoms in total. The van der Waals surface area contributed by atoms with Crippen LogP contribution in [0.1, 0.15) is 24.5 Å². The first-order valence-electron chi connectivity index (χ1n) is 5.43. The molecule has 0 radical (unpaired) electrons. The molecule has 90 valence electrons. The first kappa shape index (κ1) is 13.2. The van der Waals surface area contributed by atoms with Gasteiger partial charge in [-0.3, -0.25) is 4.18 Å². The first-order chi connectivity index (χ1) is 7.51. The fraction of sp³-hybridized carbons (Fsp3) is 0.500. The number of hydrogen-bond acceptors (Lipinski definition) is 3. The molecule has 0 aliphatic rings. The molecule has 0 amide bonds. The molecule has 4 heteroatoms. The SMILES string of the molecule is CCCc1cccc(CCOS(C)(=O)=O)c1. The van der Waals surface area contributed by atoms with Gasteiger partial charge in [-0.05, 0) is 24.0 Å². The summed E-state index contributed by atoms with van der Waals surface area (Å²) in [7, 11) is -3.31. The highest BCUT2D eigenvalue weighted by atomic mass is 32.2. The summed E-state index contributed by atoms with van der Waals surface area (Å²) < 4.78 is 26.2. The third-order valence-corrected chi connectivity index (χ3v) is 2.81. The quantitative estimate of drug-likeness (QED) is 0.718. The van der Waals surface area contributed by atoms with Crippen LogP contribution in [0.25, 0.3) is 0 Å². The molecule has 0 N–H and O–H groups in total. The van der Waals surface area contributed by atoms with Crippen molar-refractivity contribution in [3.63, 3.8) is 0 Å². The van der Waals surface area contributed by atoms with Crippen LogP contribution >= 0.6 is 0 Å². The zero-order valence-corrected chi connectivity index (χ0v) is 10.6. The highest BCUT2D eigenvalue weighted by Crippen LogP contribution is 2.08. The van der Waals surface area contributed by atoms with Crippen LogP contribution < -0.4 is 0 Å². The van der Waals surface area contributed by atoms with Crippen LogP contribution in [0.3, 0.4) is 0 Å². The molecule has 1 aromatic rings. The summed E-state index contributed by atoms with van der Waals surface area (Å²) in [6, 6.07) is 8.19. The van der Waals surface area contributed by atoms with E-state index in [4.69, 9.17) is 4.18 Å². The Hall–Kier alpha value is -0.870. The van der Waals surface area contributed by atoms with Crippen LogP contribution in [-0.2, 0) is 27.1 Å². The predicted octanol–water partition coefficient (Wildman–Crippen LogP) is 2.16. The van der Waals surface area contributed by atoms with Crippen molar-refractivity contribution in [1.29, 1.82) is 0 Å². The van der Waals surface area contributed by atoms with Gasteiger partial charge in [0.05, 0.1) is 12.9 Å². The summed E-state index contributed by atoms with van der Waals surface area (Å²) >= 11 is 0. The lowest BCUT2D eigenvalue weighted by Crippen LogP contribution is -2.06. The van der Waals surface area contributed by atoms with Crippen molar-refractivity contribution in [3.8, 4) is 0 Å². The molecule has 1 rings (SSSR count). The summed E-state index contributed by atoms with van der Waals surface area (Å²) in [4.78, 5) is 0. The Labute approximate surface area is 97.6 Å². The summed E-state index contributed by atoms with van der Waals surface area (Å²) in [5.41, 5.74) is 2.41.